The van der Waals surface area contributed by atoms with E-state index in [0.717, 1.165) is 11.1 Å². The van der Waals surface area contributed by atoms with Crippen LogP contribution in [0.15, 0.2) is 36.9 Å². The summed E-state index contributed by atoms with van der Waals surface area (Å²) < 4.78 is 1.75. The number of hydrogen-bond acceptors (Lipinski definition) is 5. The third-order valence-electron chi connectivity index (χ3n) is 3.79. The van der Waals surface area contributed by atoms with Gasteiger partial charge >= 0.3 is 0 Å². The molecule has 1 saturated heterocycles. The molecule has 0 bridgehead atoms. The van der Waals surface area contributed by atoms with Gasteiger partial charge in [-0.25, -0.2) is 9.67 Å². The van der Waals surface area contributed by atoms with Crippen molar-refractivity contribution in [3.63, 3.8) is 0 Å². The van der Waals surface area contributed by atoms with Crippen LogP contribution >= 0.6 is 0 Å². The molecule has 0 saturated carbocycles. The Bertz CT molecular complexity index is 629. The number of nitrogens with zero attached hydrogens (tertiary/aromatic N) is 3. The third kappa shape index (κ3) is 3.49. The highest BCUT2D eigenvalue weighted by Crippen LogP contribution is 2.11. The van der Waals surface area contributed by atoms with Crippen LogP contribution in [0.5, 0.6) is 0 Å². The average Bonchev–Trinajstić information content (AvgIpc) is 3.18. The summed E-state index contributed by atoms with van der Waals surface area (Å²) in [6, 6.07) is 7.61. The van der Waals surface area contributed by atoms with Crippen LogP contribution < -0.4 is 10.6 Å². The van der Waals surface area contributed by atoms with Crippen LogP contribution in [0.25, 0.3) is 0 Å². The van der Waals surface area contributed by atoms with Gasteiger partial charge in [0, 0.05) is 13.1 Å². The lowest BCUT2D eigenvalue weighted by atomic mass is 10.1. The lowest BCUT2D eigenvalue weighted by molar-refractivity contribution is -0.123. The number of aliphatic hydroxyl groups is 1. The molecule has 0 radical (unpaired) electrons. The van der Waals surface area contributed by atoms with Gasteiger partial charge in [0.25, 0.3) is 0 Å². The van der Waals surface area contributed by atoms with Crippen molar-refractivity contribution in [1.29, 1.82) is 0 Å². The van der Waals surface area contributed by atoms with Crippen molar-refractivity contribution in [2.75, 3.05) is 6.54 Å². The fourth-order valence-corrected chi connectivity index (χ4v) is 2.60. The fraction of sp³-hybridized carbons (Fsp3) is 0.400. The van der Waals surface area contributed by atoms with E-state index in [9.17, 15) is 9.90 Å². The van der Waals surface area contributed by atoms with Crippen molar-refractivity contribution in [1.82, 2.24) is 25.4 Å². The van der Waals surface area contributed by atoms with Crippen LogP contribution in [0.3, 0.4) is 0 Å². The summed E-state index contributed by atoms with van der Waals surface area (Å²) in [6.45, 7) is 1.55. The van der Waals surface area contributed by atoms with Crippen LogP contribution in [-0.2, 0) is 17.9 Å². The molecule has 1 aliphatic heterocycles. The smallest absolute Gasteiger partial charge is 0.237 e. The van der Waals surface area contributed by atoms with Gasteiger partial charge in [0.1, 0.15) is 12.7 Å². The molecular weight excluding hydrogens is 282 g/mol. The number of rotatable bonds is 5. The van der Waals surface area contributed by atoms with Gasteiger partial charge in [-0.1, -0.05) is 24.3 Å². The van der Waals surface area contributed by atoms with Crippen LogP contribution in [0.4, 0.5) is 0 Å². The molecule has 2 heterocycles. The number of aromatic nitrogens is 3. The topological polar surface area (TPSA) is 92.1 Å². The number of aliphatic hydroxyl groups excluding tert-OH is 1. The molecule has 0 aliphatic carbocycles. The Labute approximate surface area is 128 Å². The van der Waals surface area contributed by atoms with Crippen molar-refractivity contribution >= 4 is 5.91 Å². The molecule has 3 N–H and O–H groups in total. The monoisotopic (exact) mass is 301 g/mol. The van der Waals surface area contributed by atoms with E-state index in [0.29, 0.717) is 26.1 Å². The molecule has 1 fully saturated rings. The number of benzene rings is 1. The Morgan fingerprint density at radius 2 is 2.23 bits per heavy atom. The van der Waals surface area contributed by atoms with E-state index in [1.807, 2.05) is 24.3 Å². The minimum Gasteiger partial charge on any atom is -0.392 e. The molecular formula is C15H19N5O2. The van der Waals surface area contributed by atoms with Crippen molar-refractivity contribution in [3.8, 4) is 0 Å². The number of hydrogen-bond donors (Lipinski definition) is 3. The third-order valence-corrected chi connectivity index (χ3v) is 3.79. The highest BCUT2D eigenvalue weighted by Gasteiger charge is 2.27. The van der Waals surface area contributed by atoms with Crippen LogP contribution in [0, 0.1) is 0 Å². The lowest BCUT2D eigenvalue weighted by Gasteiger charge is -2.13. The molecule has 1 aromatic carbocycles. The van der Waals surface area contributed by atoms with Crippen LogP contribution in [0.2, 0.25) is 0 Å². The van der Waals surface area contributed by atoms with Gasteiger partial charge in [0.05, 0.1) is 18.7 Å². The average molecular weight is 301 g/mol. The molecule has 7 heteroatoms. The van der Waals surface area contributed by atoms with E-state index in [1.165, 1.54) is 6.33 Å². The molecule has 2 atom stereocenters. The number of β-amino-alcohol motifs (C(OH)–C–C–N with tert-alkyl or cyclic N) is 1. The Balaban J connectivity index is 1.61. The molecule has 1 aliphatic rings. The number of amides is 1. The summed E-state index contributed by atoms with van der Waals surface area (Å²) in [5.41, 5.74) is 2.14. The van der Waals surface area contributed by atoms with Crippen molar-refractivity contribution in [2.45, 2.75) is 31.7 Å². The first kappa shape index (κ1) is 14.7. The van der Waals surface area contributed by atoms with Crippen LogP contribution in [-0.4, -0.2) is 44.5 Å². The van der Waals surface area contributed by atoms with Crippen molar-refractivity contribution in [3.05, 3.63) is 48.0 Å². The maximum Gasteiger partial charge on any atom is 0.237 e. The minimum absolute atomic E-state index is 0.0768. The first-order chi connectivity index (χ1) is 10.7. The summed E-state index contributed by atoms with van der Waals surface area (Å²) >= 11 is 0. The summed E-state index contributed by atoms with van der Waals surface area (Å²) in [5, 5.41) is 19.5. The van der Waals surface area contributed by atoms with Gasteiger partial charge in [0.15, 0.2) is 0 Å². The Kier molecular flexibility index (Phi) is 4.45. The molecule has 0 spiro atoms. The lowest BCUT2D eigenvalue weighted by Crippen LogP contribution is -2.40. The molecule has 116 valence electrons. The van der Waals surface area contributed by atoms with Gasteiger partial charge < -0.3 is 15.7 Å². The van der Waals surface area contributed by atoms with Gasteiger partial charge in [-0.15, -0.1) is 0 Å². The first-order valence-electron chi connectivity index (χ1n) is 7.31. The van der Waals surface area contributed by atoms with Crippen molar-refractivity contribution < 1.29 is 9.90 Å². The predicted octanol–water partition coefficient (Wildman–Crippen LogP) is -0.335. The SMILES string of the molecule is O=C(NCc1ccccc1Cn1cncn1)[C@H]1C[C@H](O)CN1. The molecule has 1 aromatic heterocycles. The van der Waals surface area contributed by atoms with Crippen LogP contribution in [0.1, 0.15) is 17.5 Å². The van der Waals surface area contributed by atoms with Gasteiger partial charge in [-0.2, -0.15) is 5.10 Å². The largest absolute Gasteiger partial charge is 0.392 e. The standard InChI is InChI=1S/C15H19N5O2/c21-13-5-14(17-7-13)15(22)18-6-11-3-1-2-4-12(11)8-20-10-16-9-19-20/h1-4,9-10,13-14,17,21H,5-8H2,(H,18,22)/t13-,14+/m0/s1. The molecule has 22 heavy (non-hydrogen) atoms. The van der Waals surface area contributed by atoms with E-state index in [1.54, 1.807) is 11.0 Å². The second-order valence-electron chi connectivity index (χ2n) is 5.43. The molecule has 0 unspecified atom stereocenters. The first-order valence-corrected chi connectivity index (χ1v) is 7.31. The van der Waals surface area contributed by atoms with E-state index in [2.05, 4.69) is 20.7 Å². The molecule has 2 aromatic rings. The zero-order valence-electron chi connectivity index (χ0n) is 12.1. The Hall–Kier alpha value is -2.25. The highest BCUT2D eigenvalue weighted by atomic mass is 16.3. The molecule has 3 rings (SSSR count). The number of nitrogens with one attached hydrogen (secondary N) is 2. The zero-order chi connectivity index (χ0) is 15.4. The summed E-state index contributed by atoms with van der Waals surface area (Å²) in [4.78, 5) is 16.0. The van der Waals surface area contributed by atoms with Gasteiger partial charge in [0.2, 0.25) is 5.91 Å². The normalized spacial score (nSPS) is 21.0. The Morgan fingerprint density at radius 3 is 2.91 bits per heavy atom. The van der Waals surface area contributed by atoms with E-state index in [4.69, 9.17) is 0 Å². The maximum atomic E-state index is 12.1. The summed E-state index contributed by atoms with van der Waals surface area (Å²) in [6.07, 6.45) is 3.20. The maximum absolute atomic E-state index is 12.1. The number of carbonyl (C=O) groups is 1. The second-order valence-corrected chi connectivity index (χ2v) is 5.43. The van der Waals surface area contributed by atoms with E-state index < -0.39 is 6.10 Å². The molecule has 1 amide bonds. The quantitative estimate of drug-likeness (QED) is 0.703. The highest BCUT2D eigenvalue weighted by molar-refractivity contribution is 5.82. The minimum atomic E-state index is -0.435. The number of carbonyl (C=O) groups excluding carboxylic acids is 1. The summed E-state index contributed by atoms with van der Waals surface area (Å²) in [5.74, 6) is -0.0768. The zero-order valence-corrected chi connectivity index (χ0v) is 12.1. The second kappa shape index (κ2) is 6.67. The van der Waals surface area contributed by atoms with Gasteiger partial charge in [-0.3, -0.25) is 4.79 Å². The van der Waals surface area contributed by atoms with Crippen molar-refractivity contribution in [2.24, 2.45) is 0 Å². The summed E-state index contributed by atoms with van der Waals surface area (Å²) in [7, 11) is 0. The Morgan fingerprint density at radius 1 is 1.41 bits per heavy atom. The molecule has 7 nitrogen and oxygen atoms in total. The van der Waals surface area contributed by atoms with E-state index >= 15 is 0 Å². The fourth-order valence-electron chi connectivity index (χ4n) is 2.60. The van der Waals surface area contributed by atoms with E-state index in [-0.39, 0.29) is 11.9 Å². The van der Waals surface area contributed by atoms with Gasteiger partial charge in [-0.05, 0) is 17.5 Å². The predicted molar refractivity (Wildman–Crippen MR) is 79.8 cm³/mol.